The molecule has 0 fully saturated rings. The van der Waals surface area contributed by atoms with Gasteiger partial charge in [-0.15, -0.1) is 0 Å². The molecule has 0 unspecified atom stereocenters. The molecule has 0 aliphatic rings. The third-order valence-electron chi connectivity index (χ3n) is 8.31. The predicted molar refractivity (Wildman–Crippen MR) is 164 cm³/mol. The highest BCUT2D eigenvalue weighted by atomic mass is 16.5. The largest absolute Gasteiger partial charge is 0.469 e. The maximum Gasteiger partial charge on any atom is 0.311 e. The molecule has 0 aromatic carbocycles. The van der Waals surface area contributed by atoms with Crippen molar-refractivity contribution in [1.82, 2.24) is 0 Å². The predicted octanol–water partition coefficient (Wildman–Crippen LogP) is 5.66. The number of carbonyl (C=O) groups is 5. The van der Waals surface area contributed by atoms with E-state index in [1.54, 1.807) is 27.7 Å². The summed E-state index contributed by atoms with van der Waals surface area (Å²) in [4.78, 5) is 54.4. The van der Waals surface area contributed by atoms with E-state index >= 15 is 0 Å². The number of hydrogen-bond acceptors (Lipinski definition) is 10. The number of carbonyl (C=O) groups excluding carboxylic acids is 5. The first-order chi connectivity index (χ1) is 19.2. The first kappa shape index (κ1) is 46.5. The fourth-order valence-corrected chi connectivity index (χ4v) is 3.02. The number of rotatable bonds is 12. The van der Waals surface area contributed by atoms with Gasteiger partial charge in [-0.05, 0) is 39.0 Å². The second-order valence-electron chi connectivity index (χ2n) is 11.1. The molecule has 250 valence electrons. The highest BCUT2D eigenvalue weighted by Crippen LogP contribution is 2.21. The second-order valence-corrected chi connectivity index (χ2v) is 11.1. The van der Waals surface area contributed by atoms with Crippen LogP contribution >= 0.6 is 0 Å². The van der Waals surface area contributed by atoms with Crippen molar-refractivity contribution in [1.29, 1.82) is 0 Å². The molecule has 0 rings (SSSR count). The molecular weight excluding hydrogens is 544 g/mol. The Kier molecular flexibility index (Phi) is 27.7. The van der Waals surface area contributed by atoms with Gasteiger partial charge >= 0.3 is 23.9 Å². The van der Waals surface area contributed by atoms with E-state index in [0.717, 1.165) is 12.8 Å². The molecule has 10 nitrogen and oxygen atoms in total. The van der Waals surface area contributed by atoms with Gasteiger partial charge in [0.05, 0.1) is 57.7 Å². The van der Waals surface area contributed by atoms with Crippen LogP contribution in [-0.4, -0.2) is 68.8 Å². The summed E-state index contributed by atoms with van der Waals surface area (Å²) < 4.78 is 18.2. The third-order valence-corrected chi connectivity index (χ3v) is 8.31. The van der Waals surface area contributed by atoms with Crippen LogP contribution in [0.3, 0.4) is 0 Å². The van der Waals surface area contributed by atoms with Crippen LogP contribution in [0.4, 0.5) is 0 Å². The van der Waals surface area contributed by atoms with Gasteiger partial charge in [0, 0.05) is 5.92 Å². The third kappa shape index (κ3) is 19.6. The van der Waals surface area contributed by atoms with Crippen molar-refractivity contribution in [2.75, 3.05) is 28.4 Å². The Morgan fingerprint density at radius 2 is 0.857 bits per heavy atom. The average Bonchev–Trinajstić information content (AvgIpc) is 3.00. The van der Waals surface area contributed by atoms with Gasteiger partial charge in [-0.1, -0.05) is 75.2 Å². The van der Waals surface area contributed by atoms with E-state index in [4.69, 9.17) is 0 Å². The van der Waals surface area contributed by atoms with Crippen LogP contribution < -0.4 is 0 Å². The van der Waals surface area contributed by atoms with Gasteiger partial charge in [-0.3, -0.25) is 24.0 Å². The number of methoxy groups -OCH3 is 4. The van der Waals surface area contributed by atoms with Crippen LogP contribution in [0.1, 0.15) is 102 Å². The normalized spacial score (nSPS) is 16.5. The molecule has 0 aromatic heterocycles. The molecule has 1 N–H and O–H groups in total. The molecule has 0 aliphatic carbocycles. The SMILES string of the molecule is CC[C@@](C)(O)[C@H](C)C(=O)OC.CC[C@H](C)[C@H](C)C(=O)OC.CC[C@H](C)[C@H](C)C(=O)OC.COC(=O)[C@@H](C)[C@@H](C)C(C)=O. The number of hydrogen-bond donors (Lipinski definition) is 1. The lowest BCUT2D eigenvalue weighted by atomic mass is 9.88. The van der Waals surface area contributed by atoms with E-state index in [-0.39, 0.29) is 53.3 Å². The Morgan fingerprint density at radius 1 is 0.571 bits per heavy atom. The lowest BCUT2D eigenvalue weighted by Gasteiger charge is -2.26. The number of ketones is 1. The first-order valence-electron chi connectivity index (χ1n) is 14.8. The average molecular weight is 607 g/mol. The lowest BCUT2D eigenvalue weighted by molar-refractivity contribution is -0.153. The van der Waals surface area contributed by atoms with Crippen LogP contribution in [0.15, 0.2) is 0 Å². The minimum Gasteiger partial charge on any atom is -0.469 e. The maximum atomic E-state index is 10.9. The van der Waals surface area contributed by atoms with E-state index in [1.807, 2.05) is 20.8 Å². The molecule has 0 radical (unpaired) electrons. The number of esters is 4. The fourth-order valence-electron chi connectivity index (χ4n) is 3.02. The number of aliphatic hydroxyl groups is 1. The highest BCUT2D eigenvalue weighted by molar-refractivity contribution is 5.84. The molecule has 0 saturated carbocycles. The Morgan fingerprint density at radius 3 is 1.07 bits per heavy atom. The van der Waals surface area contributed by atoms with Gasteiger partial charge in [-0.25, -0.2) is 0 Å². The molecule has 0 heterocycles. The standard InChI is InChI=1S/C8H16O3.C8H14O3.2C8H16O2/c1-5-8(3,10)6(2)7(9)11-4;1-5(7(3)9)6(2)8(10)11-4;2*1-5-6(2)7(3)8(9)10-4/h6,10H,5H2,1-4H3;5-6H,1-4H3;2*6-7H,5H2,1-4H3/t6-,8-;5-,6+;2*6-,7-/m1100/s1. The van der Waals surface area contributed by atoms with Gasteiger partial charge < -0.3 is 24.1 Å². The molecule has 0 aromatic rings. The topological polar surface area (TPSA) is 142 Å². The van der Waals surface area contributed by atoms with Crippen LogP contribution in [0.2, 0.25) is 0 Å². The van der Waals surface area contributed by atoms with Crippen molar-refractivity contribution in [2.45, 2.75) is 108 Å². The Hall–Kier alpha value is -2.49. The molecule has 0 spiro atoms. The van der Waals surface area contributed by atoms with Gasteiger partial charge in [0.1, 0.15) is 5.78 Å². The monoisotopic (exact) mass is 606 g/mol. The van der Waals surface area contributed by atoms with Crippen molar-refractivity contribution in [2.24, 2.45) is 41.4 Å². The Labute approximate surface area is 255 Å². The molecule has 10 heteroatoms. The summed E-state index contributed by atoms with van der Waals surface area (Å²) in [5, 5.41) is 9.59. The minimum absolute atomic E-state index is 0.0166. The van der Waals surface area contributed by atoms with Crippen LogP contribution in [0.5, 0.6) is 0 Å². The number of ether oxygens (including phenoxy) is 4. The zero-order valence-corrected chi connectivity index (χ0v) is 29.3. The summed E-state index contributed by atoms with van der Waals surface area (Å²) in [6, 6.07) is 0. The summed E-state index contributed by atoms with van der Waals surface area (Å²) in [7, 11) is 5.51. The van der Waals surface area contributed by atoms with E-state index in [1.165, 1.54) is 35.4 Å². The van der Waals surface area contributed by atoms with Crippen LogP contribution in [0.25, 0.3) is 0 Å². The Bertz CT molecular complexity index is 749. The Balaban J connectivity index is -0.000000229. The summed E-state index contributed by atoms with van der Waals surface area (Å²) in [6.07, 6.45) is 2.59. The van der Waals surface area contributed by atoms with Crippen molar-refractivity contribution in [3.8, 4) is 0 Å². The van der Waals surface area contributed by atoms with Gasteiger partial charge in [0.15, 0.2) is 0 Å². The minimum atomic E-state index is -0.951. The quantitative estimate of drug-likeness (QED) is 0.218. The zero-order chi connectivity index (χ0) is 34.4. The molecule has 0 bridgehead atoms. The van der Waals surface area contributed by atoms with E-state index in [2.05, 4.69) is 46.6 Å². The maximum absolute atomic E-state index is 10.9. The van der Waals surface area contributed by atoms with Crippen molar-refractivity contribution < 1.29 is 48.0 Å². The van der Waals surface area contributed by atoms with Gasteiger partial charge in [0.2, 0.25) is 0 Å². The molecule has 0 aliphatic heterocycles. The summed E-state index contributed by atoms with van der Waals surface area (Å²) >= 11 is 0. The van der Waals surface area contributed by atoms with Crippen molar-refractivity contribution in [3.05, 3.63) is 0 Å². The molecule has 0 saturated heterocycles. The zero-order valence-electron chi connectivity index (χ0n) is 29.3. The molecular formula is C32H62O10. The highest BCUT2D eigenvalue weighted by Gasteiger charge is 2.32. The van der Waals surface area contributed by atoms with Crippen LogP contribution in [0, 0.1) is 41.4 Å². The summed E-state index contributed by atoms with van der Waals surface area (Å²) in [5.41, 5.74) is -0.951. The van der Waals surface area contributed by atoms with E-state index < -0.39 is 11.5 Å². The molecule has 0 amide bonds. The fraction of sp³-hybridized carbons (Fsp3) is 0.844. The molecule has 42 heavy (non-hydrogen) atoms. The van der Waals surface area contributed by atoms with E-state index in [0.29, 0.717) is 18.3 Å². The smallest absolute Gasteiger partial charge is 0.311 e. The summed E-state index contributed by atoms with van der Waals surface area (Å²) in [6.45, 7) is 22.1. The van der Waals surface area contributed by atoms with Crippen molar-refractivity contribution >= 4 is 29.7 Å². The molecule has 8 atom stereocenters. The number of Topliss-reactive ketones (excluding diaryl/α,β-unsaturated/α-hetero) is 1. The summed E-state index contributed by atoms with van der Waals surface area (Å²) in [5.74, 6) is -1.00. The van der Waals surface area contributed by atoms with Crippen molar-refractivity contribution in [3.63, 3.8) is 0 Å². The lowest BCUT2D eigenvalue weighted by Crippen LogP contribution is -2.37. The van der Waals surface area contributed by atoms with Crippen LogP contribution in [-0.2, 0) is 42.9 Å². The first-order valence-corrected chi connectivity index (χ1v) is 14.8. The second kappa shape index (κ2) is 25.0. The van der Waals surface area contributed by atoms with Gasteiger partial charge in [0.25, 0.3) is 0 Å². The van der Waals surface area contributed by atoms with E-state index in [9.17, 15) is 29.1 Å². The van der Waals surface area contributed by atoms with Gasteiger partial charge in [-0.2, -0.15) is 0 Å².